The molecule has 0 saturated carbocycles. The summed E-state index contributed by atoms with van der Waals surface area (Å²) in [5.74, 6) is 0.521. The van der Waals surface area contributed by atoms with Gasteiger partial charge in [0.25, 0.3) is 0 Å². The monoisotopic (exact) mass is 245 g/mol. The van der Waals surface area contributed by atoms with Gasteiger partial charge >= 0.3 is 0 Å². The number of anilines is 1. The fourth-order valence-corrected chi connectivity index (χ4v) is 1.15. The molecule has 0 unspecified atom stereocenters. The SMILES string of the molecule is N#CCNc1nc(Br)ccc1Cl. The lowest BCUT2D eigenvalue weighted by molar-refractivity contribution is 1.20. The lowest BCUT2D eigenvalue weighted by Crippen LogP contribution is -2.01. The first-order valence-corrected chi connectivity index (χ1v) is 4.34. The molecule has 0 atom stereocenters. The fraction of sp³-hybridized carbons (Fsp3) is 0.143. The van der Waals surface area contributed by atoms with Gasteiger partial charge in [0.2, 0.25) is 0 Å². The molecule has 0 aliphatic heterocycles. The number of aromatic nitrogens is 1. The molecule has 0 aliphatic rings. The van der Waals surface area contributed by atoms with Crippen molar-refractivity contribution in [3.8, 4) is 6.07 Å². The first-order chi connectivity index (χ1) is 5.74. The third kappa shape index (κ3) is 2.36. The van der Waals surface area contributed by atoms with Gasteiger partial charge in [0.15, 0.2) is 0 Å². The lowest BCUT2D eigenvalue weighted by atomic mass is 10.4. The summed E-state index contributed by atoms with van der Waals surface area (Å²) in [5, 5.41) is 11.6. The second-order valence-corrected chi connectivity index (χ2v) is 3.20. The van der Waals surface area contributed by atoms with Gasteiger partial charge in [-0.15, -0.1) is 0 Å². The first kappa shape index (κ1) is 9.30. The summed E-state index contributed by atoms with van der Waals surface area (Å²) in [6, 6.07) is 5.38. The van der Waals surface area contributed by atoms with Crippen molar-refractivity contribution in [3.05, 3.63) is 21.8 Å². The van der Waals surface area contributed by atoms with Crippen molar-refractivity contribution in [1.82, 2.24) is 4.98 Å². The zero-order chi connectivity index (χ0) is 8.97. The van der Waals surface area contributed by atoms with E-state index in [1.54, 1.807) is 12.1 Å². The zero-order valence-corrected chi connectivity index (χ0v) is 8.35. The Morgan fingerprint density at radius 1 is 1.67 bits per heavy atom. The van der Waals surface area contributed by atoms with Crippen molar-refractivity contribution in [3.63, 3.8) is 0 Å². The average molecular weight is 246 g/mol. The van der Waals surface area contributed by atoms with Gasteiger partial charge in [0.05, 0.1) is 11.1 Å². The molecule has 0 fully saturated rings. The van der Waals surface area contributed by atoms with Crippen LogP contribution in [-0.2, 0) is 0 Å². The normalized spacial score (nSPS) is 9.08. The molecule has 1 rings (SSSR count). The van der Waals surface area contributed by atoms with E-state index in [9.17, 15) is 0 Å². The zero-order valence-electron chi connectivity index (χ0n) is 6.01. The highest BCUT2D eigenvalue weighted by atomic mass is 79.9. The van der Waals surface area contributed by atoms with Gasteiger partial charge in [0, 0.05) is 0 Å². The molecule has 1 aromatic rings. The Morgan fingerprint density at radius 3 is 3.08 bits per heavy atom. The maximum Gasteiger partial charge on any atom is 0.146 e. The van der Waals surface area contributed by atoms with E-state index in [1.807, 2.05) is 6.07 Å². The topological polar surface area (TPSA) is 48.7 Å². The summed E-state index contributed by atoms with van der Waals surface area (Å²) in [5.41, 5.74) is 0. The Labute approximate surface area is 83.5 Å². The van der Waals surface area contributed by atoms with Gasteiger partial charge in [-0.25, -0.2) is 4.98 Å². The van der Waals surface area contributed by atoms with Crippen LogP contribution in [0.2, 0.25) is 5.02 Å². The second kappa shape index (κ2) is 4.29. The van der Waals surface area contributed by atoms with E-state index in [-0.39, 0.29) is 6.54 Å². The van der Waals surface area contributed by atoms with Gasteiger partial charge in [0.1, 0.15) is 17.0 Å². The van der Waals surface area contributed by atoms with E-state index < -0.39 is 0 Å². The number of rotatable bonds is 2. The van der Waals surface area contributed by atoms with Gasteiger partial charge in [-0.05, 0) is 28.1 Å². The summed E-state index contributed by atoms with van der Waals surface area (Å²) in [6.07, 6.45) is 0. The van der Waals surface area contributed by atoms with Crippen molar-refractivity contribution < 1.29 is 0 Å². The molecule has 62 valence electrons. The molecular weight excluding hydrogens is 241 g/mol. The van der Waals surface area contributed by atoms with Gasteiger partial charge in [-0.2, -0.15) is 5.26 Å². The maximum atomic E-state index is 8.29. The molecule has 3 nitrogen and oxygen atoms in total. The van der Waals surface area contributed by atoms with E-state index in [0.29, 0.717) is 15.4 Å². The van der Waals surface area contributed by atoms with E-state index in [2.05, 4.69) is 26.2 Å². The van der Waals surface area contributed by atoms with Crippen LogP contribution in [0.25, 0.3) is 0 Å². The summed E-state index contributed by atoms with van der Waals surface area (Å²) in [4.78, 5) is 4.03. The molecule has 0 spiro atoms. The van der Waals surface area contributed by atoms with Crippen LogP contribution in [-0.4, -0.2) is 11.5 Å². The Hall–Kier alpha value is -0.790. The molecule has 0 amide bonds. The predicted molar refractivity (Wildman–Crippen MR) is 51.0 cm³/mol. The van der Waals surface area contributed by atoms with Gasteiger partial charge in [-0.1, -0.05) is 11.6 Å². The van der Waals surface area contributed by atoms with Crippen LogP contribution in [0.1, 0.15) is 0 Å². The Bertz CT molecular complexity index is 321. The minimum atomic E-state index is 0.198. The van der Waals surface area contributed by atoms with Crippen molar-refractivity contribution >= 4 is 33.3 Å². The predicted octanol–water partition coefficient (Wildman–Crippen LogP) is 2.43. The highest BCUT2D eigenvalue weighted by Gasteiger charge is 2.00. The number of hydrogen-bond acceptors (Lipinski definition) is 3. The van der Waals surface area contributed by atoms with Crippen molar-refractivity contribution in [2.24, 2.45) is 0 Å². The molecule has 0 aromatic carbocycles. The quantitative estimate of drug-likeness (QED) is 0.644. The van der Waals surface area contributed by atoms with Crippen LogP contribution in [0.5, 0.6) is 0 Å². The fourth-order valence-electron chi connectivity index (χ4n) is 0.666. The summed E-state index contributed by atoms with van der Waals surface area (Å²) in [6.45, 7) is 0.198. The molecule has 1 heterocycles. The van der Waals surface area contributed by atoms with Crippen LogP contribution in [0, 0.1) is 11.3 Å². The molecular formula is C7H5BrClN3. The Kier molecular flexibility index (Phi) is 3.32. The molecule has 0 radical (unpaired) electrons. The van der Waals surface area contributed by atoms with E-state index >= 15 is 0 Å². The standard InChI is InChI=1S/C7H5BrClN3/c8-6-2-1-5(9)7(12-6)11-4-3-10/h1-2H,4H2,(H,11,12). The largest absolute Gasteiger partial charge is 0.356 e. The number of pyridine rings is 1. The third-order valence-corrected chi connectivity index (χ3v) is 1.89. The van der Waals surface area contributed by atoms with Crippen LogP contribution >= 0.6 is 27.5 Å². The maximum absolute atomic E-state index is 8.29. The van der Waals surface area contributed by atoms with Crippen molar-refractivity contribution in [2.45, 2.75) is 0 Å². The van der Waals surface area contributed by atoms with Crippen molar-refractivity contribution in [2.75, 3.05) is 11.9 Å². The molecule has 5 heteroatoms. The van der Waals surface area contributed by atoms with Crippen LogP contribution in [0.4, 0.5) is 5.82 Å². The minimum Gasteiger partial charge on any atom is -0.356 e. The van der Waals surface area contributed by atoms with Crippen LogP contribution in [0.15, 0.2) is 16.7 Å². The second-order valence-electron chi connectivity index (χ2n) is 1.98. The third-order valence-electron chi connectivity index (χ3n) is 1.15. The van der Waals surface area contributed by atoms with Gasteiger partial charge in [-0.3, -0.25) is 0 Å². The van der Waals surface area contributed by atoms with Crippen molar-refractivity contribution in [1.29, 1.82) is 5.26 Å². The summed E-state index contributed by atoms with van der Waals surface area (Å²) >= 11 is 8.97. The highest BCUT2D eigenvalue weighted by Crippen LogP contribution is 2.21. The highest BCUT2D eigenvalue weighted by molar-refractivity contribution is 9.10. The summed E-state index contributed by atoms with van der Waals surface area (Å²) < 4.78 is 0.687. The number of halogens is 2. The molecule has 1 aromatic heterocycles. The lowest BCUT2D eigenvalue weighted by Gasteiger charge is -2.02. The molecule has 0 bridgehead atoms. The smallest absolute Gasteiger partial charge is 0.146 e. The van der Waals surface area contributed by atoms with E-state index in [1.165, 1.54) is 0 Å². The van der Waals surface area contributed by atoms with Gasteiger partial charge < -0.3 is 5.32 Å². The van der Waals surface area contributed by atoms with Crippen LogP contribution < -0.4 is 5.32 Å². The number of nitrogens with zero attached hydrogens (tertiary/aromatic N) is 2. The minimum absolute atomic E-state index is 0.198. The van der Waals surface area contributed by atoms with E-state index in [0.717, 1.165) is 0 Å². The Balaban J connectivity index is 2.84. The Morgan fingerprint density at radius 2 is 2.42 bits per heavy atom. The number of nitriles is 1. The summed E-state index contributed by atoms with van der Waals surface area (Å²) in [7, 11) is 0. The molecule has 12 heavy (non-hydrogen) atoms. The van der Waals surface area contributed by atoms with Crippen LogP contribution in [0.3, 0.4) is 0 Å². The number of hydrogen-bond donors (Lipinski definition) is 1. The number of nitrogens with one attached hydrogen (secondary N) is 1. The molecule has 0 saturated heterocycles. The first-order valence-electron chi connectivity index (χ1n) is 3.17. The van der Waals surface area contributed by atoms with E-state index in [4.69, 9.17) is 16.9 Å². The molecule has 1 N–H and O–H groups in total. The average Bonchev–Trinajstić information content (AvgIpc) is 2.07. The molecule has 0 aliphatic carbocycles.